The molecule has 5 nitrogen and oxygen atoms in total. The quantitative estimate of drug-likeness (QED) is 0.516. The zero-order valence-corrected chi connectivity index (χ0v) is 15.8. The van der Waals surface area contributed by atoms with E-state index in [0.29, 0.717) is 24.3 Å². The van der Waals surface area contributed by atoms with Crippen LogP contribution in [-0.4, -0.2) is 27.3 Å². The summed E-state index contributed by atoms with van der Waals surface area (Å²) in [4.78, 5) is 23.9. The van der Waals surface area contributed by atoms with E-state index in [9.17, 15) is 4.79 Å². The molecule has 0 spiro atoms. The summed E-state index contributed by atoms with van der Waals surface area (Å²) in [6, 6.07) is 16.3. The van der Waals surface area contributed by atoms with Crippen LogP contribution in [0.15, 0.2) is 71.6 Å². The van der Waals surface area contributed by atoms with E-state index < -0.39 is 0 Å². The Morgan fingerprint density at radius 3 is 2.76 bits per heavy atom. The van der Waals surface area contributed by atoms with Crippen LogP contribution in [-0.2, 0) is 6.54 Å². The number of carbonyl (C=O) groups is 1. The largest absolute Gasteiger partial charge is 0.445 e. The van der Waals surface area contributed by atoms with Crippen LogP contribution in [0, 0.1) is 5.92 Å². The van der Waals surface area contributed by atoms with E-state index in [2.05, 4.69) is 34.2 Å². The molecule has 5 heteroatoms. The third kappa shape index (κ3) is 2.73. The highest BCUT2D eigenvalue weighted by atomic mass is 16.3. The molecule has 142 valence electrons. The van der Waals surface area contributed by atoms with Crippen LogP contribution < -0.4 is 0 Å². The standard InChI is InChI=1S/C24H19N3O2/c28-24-19-7-3-6-18(23-25-8-9-29-23)21(19)14-27(24)13-17-10-20(17)22-11-15-4-1-2-5-16(15)12-26-22/h1-9,11-12,17,20H,10,13-14H2/t17-,20+/m0/s1. The first-order valence-electron chi connectivity index (χ1n) is 9.93. The van der Waals surface area contributed by atoms with Crippen LogP contribution in [0.4, 0.5) is 0 Å². The van der Waals surface area contributed by atoms with E-state index in [-0.39, 0.29) is 5.91 Å². The number of oxazole rings is 1. The van der Waals surface area contributed by atoms with Crippen LogP contribution >= 0.6 is 0 Å². The Bertz CT molecular complexity index is 1230. The minimum atomic E-state index is 0.102. The van der Waals surface area contributed by atoms with Crippen LogP contribution in [0.25, 0.3) is 22.2 Å². The monoisotopic (exact) mass is 381 g/mol. The van der Waals surface area contributed by atoms with E-state index in [1.165, 1.54) is 5.39 Å². The molecule has 3 heterocycles. The number of benzene rings is 2. The Balaban J connectivity index is 1.21. The fraction of sp³-hybridized carbons (Fsp3) is 0.208. The molecule has 0 bridgehead atoms. The maximum atomic E-state index is 13.0. The predicted molar refractivity (Wildman–Crippen MR) is 109 cm³/mol. The normalized spacial score (nSPS) is 20.3. The van der Waals surface area contributed by atoms with Gasteiger partial charge in [-0.15, -0.1) is 0 Å². The highest BCUT2D eigenvalue weighted by molar-refractivity contribution is 6.00. The van der Waals surface area contributed by atoms with Crippen molar-refractivity contribution in [3.8, 4) is 11.5 Å². The van der Waals surface area contributed by atoms with Gasteiger partial charge < -0.3 is 9.32 Å². The molecule has 6 rings (SSSR count). The van der Waals surface area contributed by atoms with Crippen LogP contribution in [0.1, 0.15) is 34.0 Å². The minimum Gasteiger partial charge on any atom is -0.445 e. The number of carbonyl (C=O) groups excluding carboxylic acids is 1. The molecule has 1 amide bonds. The summed E-state index contributed by atoms with van der Waals surface area (Å²) in [5.74, 6) is 1.57. The van der Waals surface area contributed by atoms with Crippen molar-refractivity contribution in [2.75, 3.05) is 6.54 Å². The number of rotatable bonds is 4. The molecule has 2 aromatic carbocycles. The number of hydrogen-bond donors (Lipinski definition) is 0. The summed E-state index contributed by atoms with van der Waals surface area (Å²) in [7, 11) is 0. The molecule has 0 radical (unpaired) electrons. The predicted octanol–water partition coefficient (Wildman–Crippen LogP) is 4.65. The van der Waals surface area contributed by atoms with Crippen molar-refractivity contribution in [1.82, 2.24) is 14.9 Å². The number of pyridine rings is 1. The Morgan fingerprint density at radius 2 is 1.90 bits per heavy atom. The lowest BCUT2D eigenvalue weighted by Gasteiger charge is -2.15. The molecule has 0 N–H and O–H groups in total. The van der Waals surface area contributed by atoms with Gasteiger partial charge in [-0.2, -0.15) is 0 Å². The van der Waals surface area contributed by atoms with Crippen molar-refractivity contribution < 1.29 is 9.21 Å². The SMILES string of the molecule is O=C1c2cccc(-c3ncco3)c2CN1C[C@@H]1C[C@H]1c1cc2ccccc2cn1. The average Bonchev–Trinajstić information content (AvgIpc) is 3.16. The number of nitrogens with zero attached hydrogens (tertiary/aromatic N) is 3. The second-order valence-electron chi connectivity index (χ2n) is 7.91. The Labute approximate surface area is 168 Å². The number of fused-ring (bicyclic) bond motifs is 2. The summed E-state index contributed by atoms with van der Waals surface area (Å²) in [6.07, 6.45) is 6.24. The number of aromatic nitrogens is 2. The fourth-order valence-corrected chi connectivity index (χ4v) is 4.49. The van der Waals surface area contributed by atoms with Crippen molar-refractivity contribution in [1.29, 1.82) is 0 Å². The maximum absolute atomic E-state index is 13.0. The molecule has 1 aliphatic heterocycles. The lowest BCUT2D eigenvalue weighted by molar-refractivity contribution is 0.0770. The van der Waals surface area contributed by atoms with Crippen molar-refractivity contribution >= 4 is 16.7 Å². The van der Waals surface area contributed by atoms with Gasteiger partial charge in [0, 0.05) is 47.4 Å². The molecule has 1 saturated carbocycles. The van der Waals surface area contributed by atoms with Gasteiger partial charge in [0.15, 0.2) is 0 Å². The topological polar surface area (TPSA) is 59.2 Å². The Hall–Kier alpha value is -3.47. The van der Waals surface area contributed by atoms with Crippen molar-refractivity contribution in [3.63, 3.8) is 0 Å². The molecule has 1 aliphatic carbocycles. The lowest BCUT2D eigenvalue weighted by atomic mass is 10.0. The number of hydrogen-bond acceptors (Lipinski definition) is 4. The van der Waals surface area contributed by atoms with Gasteiger partial charge in [-0.3, -0.25) is 9.78 Å². The summed E-state index contributed by atoms with van der Waals surface area (Å²) in [5, 5.41) is 2.39. The van der Waals surface area contributed by atoms with E-state index in [1.807, 2.05) is 35.4 Å². The van der Waals surface area contributed by atoms with Gasteiger partial charge in [-0.05, 0) is 41.5 Å². The van der Waals surface area contributed by atoms with Crippen molar-refractivity contribution in [2.45, 2.75) is 18.9 Å². The van der Waals surface area contributed by atoms with Gasteiger partial charge in [0.05, 0.1) is 6.20 Å². The Kier molecular flexibility index (Phi) is 3.57. The number of amides is 1. The summed E-state index contributed by atoms with van der Waals surface area (Å²) in [6.45, 7) is 1.37. The zero-order chi connectivity index (χ0) is 19.4. The van der Waals surface area contributed by atoms with E-state index in [4.69, 9.17) is 4.42 Å². The molecule has 0 unspecified atom stereocenters. The molecule has 2 aliphatic rings. The summed E-state index contributed by atoms with van der Waals surface area (Å²) in [5.41, 5.74) is 3.83. The van der Waals surface area contributed by atoms with Gasteiger partial charge in [-0.25, -0.2) is 4.98 Å². The van der Waals surface area contributed by atoms with Gasteiger partial charge in [0.1, 0.15) is 6.26 Å². The van der Waals surface area contributed by atoms with Gasteiger partial charge >= 0.3 is 0 Å². The van der Waals surface area contributed by atoms with E-state index in [1.54, 1.807) is 12.5 Å². The van der Waals surface area contributed by atoms with E-state index in [0.717, 1.165) is 40.7 Å². The molecular weight excluding hydrogens is 362 g/mol. The van der Waals surface area contributed by atoms with Gasteiger partial charge in [0.2, 0.25) is 5.89 Å². The highest BCUT2D eigenvalue weighted by Gasteiger charge is 2.43. The van der Waals surface area contributed by atoms with Crippen LogP contribution in [0.2, 0.25) is 0 Å². The average molecular weight is 381 g/mol. The van der Waals surface area contributed by atoms with Crippen LogP contribution in [0.3, 0.4) is 0 Å². The second kappa shape index (κ2) is 6.27. The van der Waals surface area contributed by atoms with Gasteiger partial charge in [0.25, 0.3) is 5.91 Å². The molecule has 1 fully saturated rings. The first kappa shape index (κ1) is 16.5. The summed E-state index contributed by atoms with van der Waals surface area (Å²) >= 11 is 0. The second-order valence-corrected chi connectivity index (χ2v) is 7.91. The zero-order valence-electron chi connectivity index (χ0n) is 15.8. The fourth-order valence-electron chi connectivity index (χ4n) is 4.49. The van der Waals surface area contributed by atoms with Crippen molar-refractivity contribution in [2.24, 2.45) is 5.92 Å². The molecule has 2 atom stereocenters. The minimum absolute atomic E-state index is 0.102. The van der Waals surface area contributed by atoms with Crippen LogP contribution in [0.5, 0.6) is 0 Å². The highest BCUT2D eigenvalue weighted by Crippen LogP contribution is 2.48. The third-order valence-corrected chi connectivity index (χ3v) is 6.11. The molecule has 4 aromatic rings. The smallest absolute Gasteiger partial charge is 0.254 e. The molecule has 0 saturated heterocycles. The maximum Gasteiger partial charge on any atom is 0.254 e. The first-order valence-corrected chi connectivity index (χ1v) is 9.93. The molecular formula is C24H19N3O2. The Morgan fingerprint density at radius 1 is 1.03 bits per heavy atom. The summed E-state index contributed by atoms with van der Waals surface area (Å²) < 4.78 is 5.47. The third-order valence-electron chi connectivity index (χ3n) is 6.11. The van der Waals surface area contributed by atoms with E-state index >= 15 is 0 Å². The molecule has 2 aromatic heterocycles. The van der Waals surface area contributed by atoms with Crippen molar-refractivity contribution in [3.05, 3.63) is 84.0 Å². The lowest BCUT2D eigenvalue weighted by Crippen LogP contribution is -2.26. The molecule has 29 heavy (non-hydrogen) atoms. The van der Waals surface area contributed by atoms with Gasteiger partial charge in [-0.1, -0.05) is 30.3 Å². The first-order chi connectivity index (χ1) is 14.3.